The summed E-state index contributed by atoms with van der Waals surface area (Å²) in [6, 6.07) is 0. The van der Waals surface area contributed by atoms with Gasteiger partial charge in [0.15, 0.2) is 0 Å². The molecular weight excluding hydrogens is 192 g/mol. The fourth-order valence-corrected chi connectivity index (χ4v) is 2.35. The predicted octanol–water partition coefficient (Wildman–Crippen LogP) is 2.55. The minimum Gasteiger partial charge on any atom is -0.456 e. The molecule has 0 atom stereocenters. The highest BCUT2D eigenvalue weighted by Gasteiger charge is 2.63. The lowest BCUT2D eigenvalue weighted by Gasteiger charge is -2.35. The highest BCUT2D eigenvalue weighted by molar-refractivity contribution is 5.07. The largest absolute Gasteiger partial charge is 0.456 e. The summed E-state index contributed by atoms with van der Waals surface area (Å²) in [5.41, 5.74) is -0.135. The third-order valence-electron chi connectivity index (χ3n) is 3.65. The fraction of sp³-hybridized carbons (Fsp3) is 0.833. The van der Waals surface area contributed by atoms with Crippen molar-refractivity contribution in [3.63, 3.8) is 0 Å². The fourth-order valence-electron chi connectivity index (χ4n) is 2.35. The molecule has 0 saturated heterocycles. The molecule has 1 saturated carbocycles. The van der Waals surface area contributed by atoms with Gasteiger partial charge in [-0.15, -0.1) is 0 Å². The topological polar surface area (TPSA) is 38.7 Å². The zero-order valence-electron chi connectivity index (χ0n) is 9.37. The Labute approximate surface area is 91.1 Å². The first-order valence-corrected chi connectivity index (χ1v) is 5.90. The van der Waals surface area contributed by atoms with Crippen LogP contribution in [0.5, 0.6) is 0 Å². The molecule has 1 aliphatic heterocycles. The monoisotopic (exact) mass is 212 g/mol. The van der Waals surface area contributed by atoms with E-state index in [1.807, 2.05) is 0 Å². The Balaban J connectivity index is 1.98. The number of unbranched alkanes of at least 4 members (excludes halogenated alkanes) is 2. The van der Waals surface area contributed by atoms with Crippen molar-refractivity contribution in [1.29, 1.82) is 0 Å². The van der Waals surface area contributed by atoms with Crippen molar-refractivity contribution in [2.45, 2.75) is 51.2 Å². The molecule has 3 heteroatoms. The molecule has 0 radical (unpaired) electrons. The molecule has 0 aromatic rings. The summed E-state index contributed by atoms with van der Waals surface area (Å²) in [5, 5.41) is 9.45. The van der Waals surface area contributed by atoms with Crippen LogP contribution in [0.4, 0.5) is 0 Å². The summed E-state index contributed by atoms with van der Waals surface area (Å²) in [6.07, 6.45) is 9.61. The summed E-state index contributed by atoms with van der Waals surface area (Å²) in [5.74, 6) is -0.559. The van der Waals surface area contributed by atoms with Crippen LogP contribution in [-0.2, 0) is 9.47 Å². The Bertz CT molecular complexity index is 235. The standard InChI is InChI=1S/C12H20O3/c1-2-3-4-5-12(14-8-9-15-12)11(10-13)6-7-11/h8-9,13H,2-7,10H2,1H3. The molecule has 1 fully saturated rings. The zero-order chi connectivity index (χ0) is 10.8. The van der Waals surface area contributed by atoms with Gasteiger partial charge in [-0.3, -0.25) is 0 Å². The van der Waals surface area contributed by atoms with E-state index < -0.39 is 5.79 Å². The van der Waals surface area contributed by atoms with E-state index in [4.69, 9.17) is 9.47 Å². The van der Waals surface area contributed by atoms with Crippen molar-refractivity contribution in [1.82, 2.24) is 0 Å². The second-order valence-corrected chi connectivity index (χ2v) is 4.66. The average molecular weight is 212 g/mol. The van der Waals surface area contributed by atoms with Crippen LogP contribution in [0, 0.1) is 5.41 Å². The molecule has 0 amide bonds. The lowest BCUT2D eigenvalue weighted by molar-refractivity contribution is -0.207. The molecule has 86 valence electrons. The van der Waals surface area contributed by atoms with Gasteiger partial charge in [-0.05, 0) is 19.3 Å². The molecule has 0 aromatic carbocycles. The van der Waals surface area contributed by atoms with Crippen LogP contribution in [0.25, 0.3) is 0 Å². The number of hydrogen-bond acceptors (Lipinski definition) is 3. The summed E-state index contributed by atoms with van der Waals surface area (Å²) in [7, 11) is 0. The van der Waals surface area contributed by atoms with Crippen LogP contribution in [0.3, 0.4) is 0 Å². The van der Waals surface area contributed by atoms with E-state index in [0.717, 1.165) is 25.7 Å². The van der Waals surface area contributed by atoms with E-state index in [1.54, 1.807) is 12.5 Å². The highest BCUT2D eigenvalue weighted by Crippen LogP contribution is 2.58. The van der Waals surface area contributed by atoms with Gasteiger partial charge in [0.1, 0.15) is 12.5 Å². The highest BCUT2D eigenvalue weighted by atomic mass is 16.7. The Kier molecular flexibility index (Phi) is 2.91. The SMILES string of the molecule is CCCCCC1(C2(CO)CC2)OC=CO1. The molecular formula is C12H20O3. The molecule has 1 aliphatic carbocycles. The van der Waals surface area contributed by atoms with Crippen molar-refractivity contribution in [2.75, 3.05) is 6.61 Å². The van der Waals surface area contributed by atoms with Crippen LogP contribution in [0.2, 0.25) is 0 Å². The van der Waals surface area contributed by atoms with Crippen LogP contribution >= 0.6 is 0 Å². The first-order valence-electron chi connectivity index (χ1n) is 5.90. The van der Waals surface area contributed by atoms with Crippen molar-refractivity contribution in [2.24, 2.45) is 5.41 Å². The molecule has 1 heterocycles. The Hall–Kier alpha value is -0.700. The number of aliphatic hydroxyl groups excluding tert-OH is 1. The zero-order valence-corrected chi connectivity index (χ0v) is 9.37. The summed E-state index contributed by atoms with van der Waals surface area (Å²) >= 11 is 0. The third kappa shape index (κ3) is 1.73. The average Bonchev–Trinajstić information content (AvgIpc) is 2.93. The van der Waals surface area contributed by atoms with Gasteiger partial charge in [0.05, 0.1) is 12.0 Å². The van der Waals surface area contributed by atoms with Crippen LogP contribution in [0.1, 0.15) is 45.4 Å². The number of hydrogen-bond donors (Lipinski definition) is 1. The van der Waals surface area contributed by atoms with E-state index in [1.165, 1.54) is 12.8 Å². The van der Waals surface area contributed by atoms with Crippen molar-refractivity contribution >= 4 is 0 Å². The predicted molar refractivity (Wildman–Crippen MR) is 56.9 cm³/mol. The van der Waals surface area contributed by atoms with Crippen molar-refractivity contribution in [3.8, 4) is 0 Å². The molecule has 2 rings (SSSR count). The van der Waals surface area contributed by atoms with Gasteiger partial charge in [-0.1, -0.05) is 19.8 Å². The molecule has 2 aliphatic rings. The quantitative estimate of drug-likeness (QED) is 0.688. The van der Waals surface area contributed by atoms with Gasteiger partial charge in [-0.2, -0.15) is 0 Å². The molecule has 3 nitrogen and oxygen atoms in total. The second-order valence-electron chi connectivity index (χ2n) is 4.66. The number of ether oxygens (including phenoxy) is 2. The van der Waals surface area contributed by atoms with Gasteiger partial charge in [0.2, 0.25) is 0 Å². The second kappa shape index (κ2) is 4.05. The molecule has 0 bridgehead atoms. The first kappa shape index (κ1) is 10.8. The van der Waals surface area contributed by atoms with Crippen LogP contribution < -0.4 is 0 Å². The van der Waals surface area contributed by atoms with E-state index in [2.05, 4.69) is 6.92 Å². The van der Waals surface area contributed by atoms with Gasteiger partial charge < -0.3 is 14.6 Å². The van der Waals surface area contributed by atoms with Crippen molar-refractivity contribution in [3.05, 3.63) is 12.5 Å². The molecule has 0 spiro atoms. The third-order valence-corrected chi connectivity index (χ3v) is 3.65. The number of aliphatic hydroxyl groups is 1. The molecule has 0 unspecified atom stereocenters. The molecule has 15 heavy (non-hydrogen) atoms. The van der Waals surface area contributed by atoms with E-state index in [0.29, 0.717) is 0 Å². The van der Waals surface area contributed by atoms with Gasteiger partial charge in [0.25, 0.3) is 5.79 Å². The van der Waals surface area contributed by atoms with Gasteiger partial charge in [-0.25, -0.2) is 0 Å². The minimum atomic E-state index is -0.559. The maximum Gasteiger partial charge on any atom is 0.257 e. The first-order chi connectivity index (χ1) is 7.29. The van der Waals surface area contributed by atoms with Crippen LogP contribution in [-0.4, -0.2) is 17.5 Å². The van der Waals surface area contributed by atoms with E-state index in [-0.39, 0.29) is 12.0 Å². The molecule has 0 aromatic heterocycles. The Morgan fingerprint density at radius 2 is 1.87 bits per heavy atom. The summed E-state index contributed by atoms with van der Waals surface area (Å²) in [6.45, 7) is 2.35. The van der Waals surface area contributed by atoms with Crippen LogP contribution in [0.15, 0.2) is 12.5 Å². The summed E-state index contributed by atoms with van der Waals surface area (Å²) < 4.78 is 11.3. The normalized spacial score (nSPS) is 24.7. The number of rotatable bonds is 6. The molecule has 1 N–H and O–H groups in total. The van der Waals surface area contributed by atoms with E-state index in [9.17, 15) is 5.11 Å². The maximum atomic E-state index is 9.45. The smallest absolute Gasteiger partial charge is 0.257 e. The van der Waals surface area contributed by atoms with Gasteiger partial charge in [0, 0.05) is 6.42 Å². The Morgan fingerprint density at radius 1 is 1.20 bits per heavy atom. The minimum absolute atomic E-state index is 0.135. The maximum absolute atomic E-state index is 9.45. The van der Waals surface area contributed by atoms with E-state index >= 15 is 0 Å². The van der Waals surface area contributed by atoms with Gasteiger partial charge >= 0.3 is 0 Å². The van der Waals surface area contributed by atoms with Crippen molar-refractivity contribution < 1.29 is 14.6 Å². The lowest BCUT2D eigenvalue weighted by Crippen LogP contribution is -2.43. The summed E-state index contributed by atoms with van der Waals surface area (Å²) in [4.78, 5) is 0. The lowest BCUT2D eigenvalue weighted by atomic mass is 9.90. The Morgan fingerprint density at radius 3 is 2.33 bits per heavy atom.